The third kappa shape index (κ3) is 1.82. The third-order valence-corrected chi connectivity index (χ3v) is 3.50. The van der Waals surface area contributed by atoms with Gasteiger partial charge >= 0.3 is 0 Å². The van der Waals surface area contributed by atoms with Gasteiger partial charge in [-0.15, -0.1) is 0 Å². The summed E-state index contributed by atoms with van der Waals surface area (Å²) in [5.74, 6) is -0.224. The van der Waals surface area contributed by atoms with Crippen LogP contribution >= 0.6 is 15.9 Å². The molecule has 2 aromatic carbocycles. The van der Waals surface area contributed by atoms with Gasteiger partial charge in [0.25, 0.3) is 0 Å². The Morgan fingerprint density at radius 1 is 1.17 bits per heavy atom. The lowest BCUT2D eigenvalue weighted by molar-refractivity contribution is 0.626. The molecule has 0 saturated carbocycles. The first kappa shape index (κ1) is 11.4. The summed E-state index contributed by atoms with van der Waals surface area (Å²) >= 11 is 3.39. The molecular weight excluding hydrogens is 295 g/mol. The van der Waals surface area contributed by atoms with E-state index >= 15 is 0 Å². The van der Waals surface area contributed by atoms with Crippen LogP contribution in [0.3, 0.4) is 0 Å². The number of hydrogen-bond acceptors (Lipinski definition) is 1. The van der Waals surface area contributed by atoms with Crippen LogP contribution in [-0.4, -0.2) is 9.55 Å². The van der Waals surface area contributed by atoms with Crippen LogP contribution in [0, 0.1) is 5.82 Å². The first-order valence-corrected chi connectivity index (χ1v) is 6.68. The number of halogens is 2. The average Bonchev–Trinajstić information content (AvgIpc) is 2.82. The lowest BCUT2D eigenvalue weighted by Gasteiger charge is -2.09. The van der Waals surface area contributed by atoms with Gasteiger partial charge in [0.15, 0.2) is 0 Å². The maximum atomic E-state index is 13.2. The fourth-order valence-electron chi connectivity index (χ4n) is 2.05. The number of para-hydroxylation sites is 2. The molecule has 0 spiro atoms. The van der Waals surface area contributed by atoms with Crippen molar-refractivity contribution in [2.45, 2.75) is 5.33 Å². The van der Waals surface area contributed by atoms with Crippen LogP contribution in [0.25, 0.3) is 16.7 Å². The van der Waals surface area contributed by atoms with Crippen LogP contribution in [0.15, 0.2) is 48.8 Å². The van der Waals surface area contributed by atoms with E-state index in [4.69, 9.17) is 0 Å². The number of imidazole rings is 1. The number of rotatable bonds is 2. The van der Waals surface area contributed by atoms with Gasteiger partial charge < -0.3 is 0 Å². The monoisotopic (exact) mass is 304 g/mol. The highest BCUT2D eigenvalue weighted by Crippen LogP contribution is 2.23. The standard InChI is InChI=1S/C14H10BrFN2/c15-8-10-7-11(16)5-6-13(10)18-9-17-12-3-1-2-4-14(12)18/h1-7,9H,8H2. The zero-order chi connectivity index (χ0) is 12.5. The van der Waals surface area contributed by atoms with E-state index in [-0.39, 0.29) is 5.82 Å². The summed E-state index contributed by atoms with van der Waals surface area (Å²) in [4.78, 5) is 4.35. The lowest BCUT2D eigenvalue weighted by atomic mass is 10.2. The molecule has 0 fully saturated rings. The number of alkyl halides is 1. The van der Waals surface area contributed by atoms with Crippen LogP contribution < -0.4 is 0 Å². The highest BCUT2D eigenvalue weighted by molar-refractivity contribution is 9.08. The molecule has 0 bridgehead atoms. The van der Waals surface area contributed by atoms with Crippen LogP contribution in [0.4, 0.5) is 4.39 Å². The molecular formula is C14H10BrFN2. The van der Waals surface area contributed by atoms with Gasteiger partial charge in [0, 0.05) is 5.33 Å². The van der Waals surface area contributed by atoms with Gasteiger partial charge in [0.1, 0.15) is 12.1 Å². The van der Waals surface area contributed by atoms with Crippen LogP contribution in [-0.2, 0) is 5.33 Å². The van der Waals surface area contributed by atoms with E-state index in [0.717, 1.165) is 22.3 Å². The number of aromatic nitrogens is 2. The van der Waals surface area contributed by atoms with E-state index in [1.807, 2.05) is 28.8 Å². The summed E-state index contributed by atoms with van der Waals surface area (Å²) in [6.45, 7) is 0. The molecule has 18 heavy (non-hydrogen) atoms. The molecule has 0 amide bonds. The van der Waals surface area contributed by atoms with Crippen LogP contribution in [0.5, 0.6) is 0 Å². The van der Waals surface area contributed by atoms with Crippen molar-refractivity contribution in [2.75, 3.05) is 0 Å². The number of benzene rings is 2. The fourth-order valence-corrected chi connectivity index (χ4v) is 2.50. The number of fused-ring (bicyclic) bond motifs is 1. The first-order valence-electron chi connectivity index (χ1n) is 5.56. The SMILES string of the molecule is Fc1ccc(-n2cnc3ccccc32)c(CBr)c1. The Hall–Kier alpha value is -1.68. The smallest absolute Gasteiger partial charge is 0.123 e. The molecule has 0 aliphatic carbocycles. The van der Waals surface area contributed by atoms with Crippen LogP contribution in [0.2, 0.25) is 0 Å². The highest BCUT2D eigenvalue weighted by Gasteiger charge is 2.08. The van der Waals surface area contributed by atoms with Gasteiger partial charge in [0.05, 0.1) is 16.7 Å². The largest absolute Gasteiger partial charge is 0.299 e. The summed E-state index contributed by atoms with van der Waals surface area (Å²) in [5.41, 5.74) is 3.80. The summed E-state index contributed by atoms with van der Waals surface area (Å²) in [6.07, 6.45) is 1.77. The van der Waals surface area contributed by atoms with Gasteiger partial charge in [-0.1, -0.05) is 28.1 Å². The van der Waals surface area contributed by atoms with Crippen LogP contribution in [0.1, 0.15) is 5.56 Å². The van der Waals surface area contributed by atoms with Crippen molar-refractivity contribution in [1.82, 2.24) is 9.55 Å². The second kappa shape index (κ2) is 4.53. The molecule has 90 valence electrons. The maximum absolute atomic E-state index is 13.2. The summed E-state index contributed by atoms with van der Waals surface area (Å²) in [5, 5.41) is 0.604. The summed E-state index contributed by atoms with van der Waals surface area (Å²) in [6, 6.07) is 12.7. The Balaban J connectivity index is 2.26. The van der Waals surface area contributed by atoms with E-state index in [9.17, 15) is 4.39 Å². The third-order valence-electron chi connectivity index (χ3n) is 2.90. The van der Waals surface area contributed by atoms with Crippen molar-refractivity contribution in [1.29, 1.82) is 0 Å². The Labute approximate surface area is 112 Å². The Kier molecular flexibility index (Phi) is 2.88. The Morgan fingerprint density at radius 3 is 2.83 bits per heavy atom. The molecule has 0 aliphatic heterocycles. The van der Waals surface area contributed by atoms with Gasteiger partial charge in [-0.3, -0.25) is 4.57 Å². The zero-order valence-corrected chi connectivity index (χ0v) is 11.1. The van der Waals surface area contributed by atoms with Gasteiger partial charge in [-0.05, 0) is 35.9 Å². The van der Waals surface area contributed by atoms with Crippen molar-refractivity contribution < 1.29 is 4.39 Å². The van der Waals surface area contributed by atoms with Crippen molar-refractivity contribution >= 4 is 27.0 Å². The van der Waals surface area contributed by atoms with Crippen molar-refractivity contribution in [2.24, 2.45) is 0 Å². The second-order valence-corrected chi connectivity index (χ2v) is 4.57. The molecule has 4 heteroatoms. The minimum Gasteiger partial charge on any atom is -0.299 e. The zero-order valence-electron chi connectivity index (χ0n) is 9.48. The molecule has 3 aromatic rings. The van der Waals surface area contributed by atoms with Gasteiger partial charge in [-0.25, -0.2) is 9.37 Å². The second-order valence-electron chi connectivity index (χ2n) is 4.01. The summed E-state index contributed by atoms with van der Waals surface area (Å²) in [7, 11) is 0. The minimum atomic E-state index is -0.224. The Bertz CT molecular complexity index is 706. The van der Waals surface area contributed by atoms with Crippen molar-refractivity contribution in [3.8, 4) is 5.69 Å². The van der Waals surface area contributed by atoms with Gasteiger partial charge in [-0.2, -0.15) is 0 Å². The minimum absolute atomic E-state index is 0.224. The molecule has 0 saturated heterocycles. The van der Waals surface area contributed by atoms with E-state index in [0.29, 0.717) is 5.33 Å². The fraction of sp³-hybridized carbons (Fsp3) is 0.0714. The van der Waals surface area contributed by atoms with Crippen molar-refractivity contribution in [3.05, 3.63) is 60.2 Å². The number of hydrogen-bond donors (Lipinski definition) is 0. The first-order chi connectivity index (χ1) is 8.79. The van der Waals surface area contributed by atoms with E-state index < -0.39 is 0 Å². The predicted molar refractivity (Wildman–Crippen MR) is 73.7 cm³/mol. The predicted octanol–water partition coefficient (Wildman–Crippen LogP) is 4.06. The topological polar surface area (TPSA) is 17.8 Å². The highest BCUT2D eigenvalue weighted by atomic mass is 79.9. The molecule has 2 nitrogen and oxygen atoms in total. The van der Waals surface area contributed by atoms with E-state index in [1.54, 1.807) is 18.5 Å². The molecule has 1 aromatic heterocycles. The maximum Gasteiger partial charge on any atom is 0.123 e. The molecule has 3 rings (SSSR count). The normalized spacial score (nSPS) is 11.0. The average molecular weight is 305 g/mol. The van der Waals surface area contributed by atoms with Gasteiger partial charge in [0.2, 0.25) is 0 Å². The van der Waals surface area contributed by atoms with E-state index in [2.05, 4.69) is 20.9 Å². The molecule has 0 radical (unpaired) electrons. The summed E-state index contributed by atoms with van der Waals surface area (Å²) < 4.78 is 15.2. The lowest BCUT2D eigenvalue weighted by Crippen LogP contribution is -1.97. The van der Waals surface area contributed by atoms with E-state index in [1.165, 1.54) is 6.07 Å². The Morgan fingerprint density at radius 2 is 2.00 bits per heavy atom. The quantitative estimate of drug-likeness (QED) is 0.653. The molecule has 0 unspecified atom stereocenters. The molecule has 0 atom stereocenters. The molecule has 0 aliphatic rings. The molecule has 0 N–H and O–H groups in total. The molecule has 1 heterocycles. The van der Waals surface area contributed by atoms with Crippen molar-refractivity contribution in [3.63, 3.8) is 0 Å². The number of nitrogens with zero attached hydrogens (tertiary/aromatic N) is 2.